The molecule has 2 nitrogen and oxygen atoms in total. The third-order valence-corrected chi connectivity index (χ3v) is 2.47. The molecule has 0 aliphatic heterocycles. The molecule has 0 bridgehead atoms. The average molecular weight is 178 g/mol. The normalized spacial score (nSPS) is 10.6. The Balaban J connectivity index is 2.97. The van der Waals surface area contributed by atoms with E-state index in [1.54, 1.807) is 0 Å². The molecule has 1 aromatic rings. The van der Waals surface area contributed by atoms with Crippen LogP contribution in [-0.2, 0) is 0 Å². The summed E-state index contributed by atoms with van der Waals surface area (Å²) in [6.45, 7) is 8.46. The van der Waals surface area contributed by atoms with Gasteiger partial charge in [-0.25, -0.2) is 4.98 Å². The Kier molecular flexibility index (Phi) is 2.91. The molecule has 1 aromatic heterocycles. The van der Waals surface area contributed by atoms with Crippen LogP contribution in [0.1, 0.15) is 25.1 Å². The summed E-state index contributed by atoms with van der Waals surface area (Å²) >= 11 is 0. The molecule has 72 valence electrons. The van der Waals surface area contributed by atoms with Crippen molar-refractivity contribution in [1.29, 1.82) is 0 Å². The van der Waals surface area contributed by atoms with Crippen molar-refractivity contribution in [3.05, 3.63) is 23.4 Å². The lowest BCUT2D eigenvalue weighted by Crippen LogP contribution is -2.26. The van der Waals surface area contributed by atoms with Crippen molar-refractivity contribution in [1.82, 2.24) is 4.98 Å². The van der Waals surface area contributed by atoms with Crippen LogP contribution in [0.3, 0.4) is 0 Å². The molecule has 0 aliphatic rings. The van der Waals surface area contributed by atoms with Gasteiger partial charge >= 0.3 is 0 Å². The molecule has 0 atom stereocenters. The van der Waals surface area contributed by atoms with E-state index in [9.17, 15) is 0 Å². The van der Waals surface area contributed by atoms with Crippen molar-refractivity contribution in [2.24, 2.45) is 0 Å². The van der Waals surface area contributed by atoms with Crippen LogP contribution >= 0.6 is 0 Å². The highest BCUT2D eigenvalue weighted by atomic mass is 15.2. The fourth-order valence-electron chi connectivity index (χ4n) is 1.08. The molecule has 0 unspecified atom stereocenters. The first-order chi connectivity index (χ1) is 6.02. The summed E-state index contributed by atoms with van der Waals surface area (Å²) in [6, 6.07) is 4.69. The second-order valence-electron chi connectivity index (χ2n) is 3.78. The van der Waals surface area contributed by atoms with Crippen LogP contribution < -0.4 is 4.90 Å². The van der Waals surface area contributed by atoms with E-state index in [4.69, 9.17) is 0 Å². The zero-order chi connectivity index (χ0) is 10.0. The van der Waals surface area contributed by atoms with Gasteiger partial charge in [-0.2, -0.15) is 0 Å². The molecular formula is C11H18N2. The summed E-state index contributed by atoms with van der Waals surface area (Å²) < 4.78 is 0. The highest BCUT2D eigenvalue weighted by Gasteiger charge is 2.06. The van der Waals surface area contributed by atoms with Crippen molar-refractivity contribution in [2.45, 2.75) is 33.7 Å². The van der Waals surface area contributed by atoms with Crippen LogP contribution in [0.5, 0.6) is 0 Å². The minimum absolute atomic E-state index is 0.495. The number of aromatic nitrogens is 1. The summed E-state index contributed by atoms with van der Waals surface area (Å²) in [5.41, 5.74) is 2.37. The topological polar surface area (TPSA) is 16.1 Å². The van der Waals surface area contributed by atoms with E-state index in [2.05, 4.69) is 49.8 Å². The lowest BCUT2D eigenvalue weighted by Gasteiger charge is -2.23. The molecule has 0 radical (unpaired) electrons. The number of hydrogen-bond acceptors (Lipinski definition) is 2. The van der Waals surface area contributed by atoms with E-state index in [-0.39, 0.29) is 0 Å². The predicted molar refractivity (Wildman–Crippen MR) is 57.3 cm³/mol. The summed E-state index contributed by atoms with van der Waals surface area (Å²) in [7, 11) is 2.07. The van der Waals surface area contributed by atoms with Gasteiger partial charge in [-0.15, -0.1) is 0 Å². The number of aryl methyl sites for hydroxylation is 2. The largest absolute Gasteiger partial charge is 0.357 e. The van der Waals surface area contributed by atoms with Crippen molar-refractivity contribution in [2.75, 3.05) is 11.9 Å². The Bertz CT molecular complexity index is 292. The second kappa shape index (κ2) is 3.77. The Morgan fingerprint density at radius 2 is 1.85 bits per heavy atom. The zero-order valence-corrected chi connectivity index (χ0v) is 9.13. The zero-order valence-electron chi connectivity index (χ0n) is 9.13. The molecule has 0 saturated heterocycles. The summed E-state index contributed by atoms with van der Waals surface area (Å²) in [5.74, 6) is 1.05. The van der Waals surface area contributed by atoms with Gasteiger partial charge in [0.15, 0.2) is 0 Å². The standard InChI is InChI=1S/C11H18N2/c1-8(2)13(5)11-7-6-9(3)10(4)12-11/h6-8H,1-5H3. The number of rotatable bonds is 2. The fourth-order valence-corrected chi connectivity index (χ4v) is 1.08. The van der Waals surface area contributed by atoms with Gasteiger partial charge in [0.05, 0.1) is 0 Å². The first kappa shape index (κ1) is 10.0. The predicted octanol–water partition coefficient (Wildman–Crippen LogP) is 2.54. The number of pyridine rings is 1. The van der Waals surface area contributed by atoms with E-state index >= 15 is 0 Å². The Morgan fingerprint density at radius 3 is 2.31 bits per heavy atom. The minimum Gasteiger partial charge on any atom is -0.357 e. The molecule has 0 N–H and O–H groups in total. The first-order valence-electron chi connectivity index (χ1n) is 4.69. The van der Waals surface area contributed by atoms with Crippen LogP contribution in [0.15, 0.2) is 12.1 Å². The lowest BCUT2D eigenvalue weighted by molar-refractivity contribution is 0.741. The number of nitrogens with zero attached hydrogens (tertiary/aromatic N) is 2. The highest BCUT2D eigenvalue weighted by Crippen LogP contribution is 2.14. The first-order valence-corrected chi connectivity index (χ1v) is 4.69. The molecule has 2 heteroatoms. The summed E-state index contributed by atoms with van der Waals surface area (Å²) in [6.07, 6.45) is 0. The van der Waals surface area contributed by atoms with Gasteiger partial charge in [-0.3, -0.25) is 0 Å². The van der Waals surface area contributed by atoms with Gasteiger partial charge in [0.25, 0.3) is 0 Å². The molecule has 1 rings (SSSR count). The van der Waals surface area contributed by atoms with Crippen LogP contribution in [-0.4, -0.2) is 18.1 Å². The van der Waals surface area contributed by atoms with Gasteiger partial charge in [-0.1, -0.05) is 6.07 Å². The third-order valence-electron chi connectivity index (χ3n) is 2.47. The molecule has 13 heavy (non-hydrogen) atoms. The number of anilines is 1. The van der Waals surface area contributed by atoms with E-state index in [1.807, 2.05) is 6.92 Å². The quantitative estimate of drug-likeness (QED) is 0.692. The molecule has 0 fully saturated rings. The van der Waals surface area contributed by atoms with Gasteiger partial charge in [0, 0.05) is 18.8 Å². The molecule has 0 amide bonds. The SMILES string of the molecule is Cc1ccc(N(C)C(C)C)nc1C. The average Bonchev–Trinajstić information content (AvgIpc) is 2.08. The molecular weight excluding hydrogens is 160 g/mol. The fraction of sp³-hybridized carbons (Fsp3) is 0.545. The van der Waals surface area contributed by atoms with Gasteiger partial charge in [0.1, 0.15) is 5.82 Å². The van der Waals surface area contributed by atoms with Crippen molar-refractivity contribution >= 4 is 5.82 Å². The van der Waals surface area contributed by atoms with Crippen LogP contribution in [0.2, 0.25) is 0 Å². The lowest BCUT2D eigenvalue weighted by atomic mass is 10.2. The maximum Gasteiger partial charge on any atom is 0.128 e. The smallest absolute Gasteiger partial charge is 0.128 e. The van der Waals surface area contributed by atoms with Crippen LogP contribution in [0.4, 0.5) is 5.82 Å². The highest BCUT2D eigenvalue weighted by molar-refractivity contribution is 5.41. The van der Waals surface area contributed by atoms with E-state index in [0.717, 1.165) is 11.5 Å². The van der Waals surface area contributed by atoms with Gasteiger partial charge < -0.3 is 4.90 Å². The Labute approximate surface area is 80.6 Å². The van der Waals surface area contributed by atoms with Gasteiger partial charge in [-0.05, 0) is 39.3 Å². The van der Waals surface area contributed by atoms with Crippen LogP contribution in [0, 0.1) is 13.8 Å². The van der Waals surface area contributed by atoms with Crippen molar-refractivity contribution < 1.29 is 0 Å². The van der Waals surface area contributed by atoms with Crippen molar-refractivity contribution in [3.8, 4) is 0 Å². The molecule has 0 spiro atoms. The van der Waals surface area contributed by atoms with E-state index in [1.165, 1.54) is 5.56 Å². The molecule has 0 aromatic carbocycles. The summed E-state index contributed by atoms with van der Waals surface area (Å²) in [5, 5.41) is 0. The number of hydrogen-bond donors (Lipinski definition) is 0. The van der Waals surface area contributed by atoms with E-state index in [0.29, 0.717) is 6.04 Å². The van der Waals surface area contributed by atoms with Crippen molar-refractivity contribution in [3.63, 3.8) is 0 Å². The molecule has 1 heterocycles. The van der Waals surface area contributed by atoms with Gasteiger partial charge in [0.2, 0.25) is 0 Å². The summed E-state index contributed by atoms with van der Waals surface area (Å²) in [4.78, 5) is 6.69. The van der Waals surface area contributed by atoms with E-state index < -0.39 is 0 Å². The van der Waals surface area contributed by atoms with Crippen LogP contribution in [0.25, 0.3) is 0 Å². The molecule has 0 aliphatic carbocycles. The monoisotopic (exact) mass is 178 g/mol. The Hall–Kier alpha value is -1.05. The maximum atomic E-state index is 4.52. The molecule has 0 saturated carbocycles. The third kappa shape index (κ3) is 2.20. The Morgan fingerprint density at radius 1 is 1.23 bits per heavy atom. The maximum absolute atomic E-state index is 4.52. The minimum atomic E-state index is 0.495. The second-order valence-corrected chi connectivity index (χ2v) is 3.78.